The highest BCUT2D eigenvalue weighted by atomic mass is 16.5. The lowest BCUT2D eigenvalue weighted by Crippen LogP contribution is -2.20. The van der Waals surface area contributed by atoms with E-state index in [2.05, 4.69) is 11.4 Å². The largest absolute Gasteiger partial charge is 0.495 e. The van der Waals surface area contributed by atoms with Gasteiger partial charge in [-0.05, 0) is 17.7 Å². The number of nitrogens with one attached hydrogen (secondary N) is 1. The zero-order valence-electron chi connectivity index (χ0n) is 10.8. The molecule has 2 aromatic carbocycles. The predicted molar refractivity (Wildman–Crippen MR) is 76.2 cm³/mol. The molecule has 0 aliphatic rings. The minimum Gasteiger partial charge on any atom is -0.495 e. The van der Waals surface area contributed by atoms with Gasteiger partial charge in [0.15, 0.2) is 0 Å². The fraction of sp³-hybridized carbons (Fsp3) is 0.188. The molecule has 0 radical (unpaired) electrons. The van der Waals surface area contributed by atoms with Gasteiger partial charge in [0.05, 0.1) is 18.9 Å². The van der Waals surface area contributed by atoms with E-state index >= 15 is 0 Å². The van der Waals surface area contributed by atoms with Crippen LogP contribution in [-0.2, 0) is 6.42 Å². The second-order valence-corrected chi connectivity index (χ2v) is 4.22. The van der Waals surface area contributed by atoms with E-state index in [4.69, 9.17) is 4.74 Å². The molecule has 0 bridgehead atoms. The number of para-hydroxylation sites is 2. The van der Waals surface area contributed by atoms with Crippen molar-refractivity contribution in [2.75, 3.05) is 12.4 Å². The first-order valence-corrected chi connectivity index (χ1v) is 6.16. The molecule has 1 atom stereocenters. The molecule has 3 heteroatoms. The Balaban J connectivity index is 2.10. The Morgan fingerprint density at radius 3 is 2.47 bits per heavy atom. The van der Waals surface area contributed by atoms with E-state index in [9.17, 15) is 5.26 Å². The smallest absolute Gasteiger partial charge is 0.141 e. The van der Waals surface area contributed by atoms with E-state index in [0.29, 0.717) is 6.42 Å². The number of hydrogen-bond acceptors (Lipinski definition) is 3. The Hall–Kier alpha value is -2.47. The van der Waals surface area contributed by atoms with E-state index in [1.54, 1.807) is 7.11 Å². The van der Waals surface area contributed by atoms with Crippen LogP contribution < -0.4 is 10.1 Å². The summed E-state index contributed by atoms with van der Waals surface area (Å²) in [7, 11) is 1.62. The second-order valence-electron chi connectivity index (χ2n) is 4.22. The van der Waals surface area contributed by atoms with E-state index in [-0.39, 0.29) is 6.04 Å². The number of methoxy groups -OCH3 is 1. The van der Waals surface area contributed by atoms with Gasteiger partial charge in [0, 0.05) is 6.42 Å². The topological polar surface area (TPSA) is 45.0 Å². The Bertz CT molecular complexity index is 560. The Morgan fingerprint density at radius 1 is 1.11 bits per heavy atom. The molecule has 1 unspecified atom stereocenters. The van der Waals surface area contributed by atoms with Gasteiger partial charge in [-0.25, -0.2) is 0 Å². The summed E-state index contributed by atoms with van der Waals surface area (Å²) in [6.07, 6.45) is 0.662. The highest BCUT2D eigenvalue weighted by molar-refractivity contribution is 5.57. The van der Waals surface area contributed by atoms with Crippen molar-refractivity contribution in [1.82, 2.24) is 0 Å². The van der Waals surface area contributed by atoms with Gasteiger partial charge in [-0.1, -0.05) is 42.5 Å². The van der Waals surface area contributed by atoms with E-state index in [1.165, 1.54) is 0 Å². The SMILES string of the molecule is COc1ccccc1NC(C#N)Cc1ccccc1. The van der Waals surface area contributed by atoms with Crippen molar-refractivity contribution in [3.05, 3.63) is 60.2 Å². The molecule has 0 aromatic heterocycles. The zero-order valence-corrected chi connectivity index (χ0v) is 10.8. The van der Waals surface area contributed by atoms with Gasteiger partial charge in [0.1, 0.15) is 11.8 Å². The quantitative estimate of drug-likeness (QED) is 0.888. The minimum absolute atomic E-state index is 0.279. The van der Waals surface area contributed by atoms with Crippen LogP contribution in [0, 0.1) is 11.3 Å². The average molecular weight is 252 g/mol. The summed E-state index contributed by atoms with van der Waals surface area (Å²) in [5, 5.41) is 12.5. The maximum atomic E-state index is 9.26. The third-order valence-electron chi connectivity index (χ3n) is 2.88. The summed E-state index contributed by atoms with van der Waals surface area (Å²) in [6, 6.07) is 19.6. The van der Waals surface area contributed by atoms with E-state index in [1.807, 2.05) is 54.6 Å². The summed E-state index contributed by atoms with van der Waals surface area (Å²) in [5.74, 6) is 0.746. The van der Waals surface area contributed by atoms with Crippen LogP contribution in [0.1, 0.15) is 5.56 Å². The predicted octanol–water partition coefficient (Wildman–Crippen LogP) is 3.24. The number of nitriles is 1. The van der Waals surface area contributed by atoms with Gasteiger partial charge in [0.25, 0.3) is 0 Å². The first kappa shape index (κ1) is 13.0. The fourth-order valence-corrected chi connectivity index (χ4v) is 1.93. The molecule has 0 spiro atoms. The molecule has 0 saturated heterocycles. The number of ether oxygens (including phenoxy) is 1. The van der Waals surface area contributed by atoms with Gasteiger partial charge >= 0.3 is 0 Å². The van der Waals surface area contributed by atoms with Crippen molar-refractivity contribution in [1.29, 1.82) is 5.26 Å². The molecule has 0 saturated carbocycles. The highest BCUT2D eigenvalue weighted by Crippen LogP contribution is 2.24. The lowest BCUT2D eigenvalue weighted by Gasteiger charge is -2.15. The molecule has 19 heavy (non-hydrogen) atoms. The first-order valence-electron chi connectivity index (χ1n) is 6.16. The first-order chi connectivity index (χ1) is 9.33. The molecular weight excluding hydrogens is 236 g/mol. The van der Waals surface area contributed by atoms with Gasteiger partial charge in [-0.3, -0.25) is 0 Å². The van der Waals surface area contributed by atoms with Gasteiger partial charge in [0.2, 0.25) is 0 Å². The summed E-state index contributed by atoms with van der Waals surface area (Å²) >= 11 is 0. The van der Waals surface area contributed by atoms with Crippen LogP contribution in [0.15, 0.2) is 54.6 Å². The number of rotatable bonds is 5. The molecule has 0 aliphatic heterocycles. The van der Waals surface area contributed by atoms with Crippen molar-refractivity contribution >= 4 is 5.69 Å². The minimum atomic E-state index is -0.279. The molecule has 0 amide bonds. The average Bonchev–Trinajstić information content (AvgIpc) is 2.48. The van der Waals surface area contributed by atoms with Crippen LogP contribution in [0.3, 0.4) is 0 Å². The lowest BCUT2D eigenvalue weighted by atomic mass is 10.1. The number of benzene rings is 2. The van der Waals surface area contributed by atoms with Gasteiger partial charge in [-0.2, -0.15) is 5.26 Å². The zero-order chi connectivity index (χ0) is 13.5. The third-order valence-corrected chi connectivity index (χ3v) is 2.88. The molecule has 1 N–H and O–H groups in total. The Labute approximate surface area is 113 Å². The van der Waals surface area contributed by atoms with Crippen LogP contribution in [0.25, 0.3) is 0 Å². The monoisotopic (exact) mass is 252 g/mol. The maximum Gasteiger partial charge on any atom is 0.141 e. The molecule has 2 aromatic rings. The van der Waals surface area contributed by atoms with Crippen LogP contribution in [0.2, 0.25) is 0 Å². The van der Waals surface area contributed by atoms with Crippen LogP contribution >= 0.6 is 0 Å². The normalized spacial score (nSPS) is 11.4. The van der Waals surface area contributed by atoms with Crippen LogP contribution in [-0.4, -0.2) is 13.2 Å². The van der Waals surface area contributed by atoms with Gasteiger partial charge in [-0.15, -0.1) is 0 Å². The van der Waals surface area contributed by atoms with Crippen molar-refractivity contribution in [2.45, 2.75) is 12.5 Å². The van der Waals surface area contributed by atoms with Crippen molar-refractivity contribution in [3.63, 3.8) is 0 Å². The molecule has 0 fully saturated rings. The molecule has 0 heterocycles. The van der Waals surface area contributed by atoms with E-state index in [0.717, 1.165) is 17.0 Å². The summed E-state index contributed by atoms with van der Waals surface area (Å²) in [4.78, 5) is 0. The molecule has 96 valence electrons. The van der Waals surface area contributed by atoms with Crippen molar-refractivity contribution < 1.29 is 4.74 Å². The van der Waals surface area contributed by atoms with Crippen LogP contribution in [0.5, 0.6) is 5.75 Å². The number of nitrogens with zero attached hydrogens (tertiary/aromatic N) is 1. The van der Waals surface area contributed by atoms with Gasteiger partial charge < -0.3 is 10.1 Å². The summed E-state index contributed by atoms with van der Waals surface area (Å²) < 4.78 is 5.27. The van der Waals surface area contributed by atoms with E-state index < -0.39 is 0 Å². The maximum absolute atomic E-state index is 9.26. The number of anilines is 1. The molecule has 3 nitrogen and oxygen atoms in total. The number of hydrogen-bond donors (Lipinski definition) is 1. The Kier molecular flexibility index (Phi) is 4.41. The van der Waals surface area contributed by atoms with Crippen molar-refractivity contribution in [2.24, 2.45) is 0 Å². The Morgan fingerprint density at radius 2 is 1.79 bits per heavy atom. The molecule has 2 rings (SSSR count). The highest BCUT2D eigenvalue weighted by Gasteiger charge is 2.10. The standard InChI is InChI=1S/C16H16N2O/c1-19-16-10-6-5-9-15(16)18-14(12-17)11-13-7-3-2-4-8-13/h2-10,14,18H,11H2,1H3. The fourth-order valence-electron chi connectivity index (χ4n) is 1.93. The molecule has 0 aliphatic carbocycles. The third kappa shape index (κ3) is 3.49. The summed E-state index contributed by atoms with van der Waals surface area (Å²) in [5.41, 5.74) is 1.98. The lowest BCUT2D eigenvalue weighted by molar-refractivity contribution is 0.416. The second kappa shape index (κ2) is 6.46. The summed E-state index contributed by atoms with van der Waals surface area (Å²) in [6.45, 7) is 0. The molecular formula is C16H16N2O. The van der Waals surface area contributed by atoms with Crippen LogP contribution in [0.4, 0.5) is 5.69 Å². The van der Waals surface area contributed by atoms with Crippen molar-refractivity contribution in [3.8, 4) is 11.8 Å².